The lowest BCUT2D eigenvalue weighted by Gasteiger charge is -2.31. The molecule has 0 unspecified atom stereocenters. The maximum atomic E-state index is 12.3. The number of hydrogen-bond acceptors (Lipinski definition) is 4. The number of aryl methyl sites for hydroxylation is 1. The van der Waals surface area contributed by atoms with E-state index in [-0.39, 0.29) is 24.4 Å². The van der Waals surface area contributed by atoms with Gasteiger partial charge in [-0.1, -0.05) is 6.07 Å². The van der Waals surface area contributed by atoms with Crippen molar-refractivity contribution in [1.82, 2.24) is 10.2 Å². The smallest absolute Gasteiger partial charge is 0.251 e. The van der Waals surface area contributed by atoms with Crippen LogP contribution < -0.4 is 15.8 Å². The number of benzene rings is 1. The van der Waals surface area contributed by atoms with Crippen molar-refractivity contribution in [3.8, 4) is 5.75 Å². The molecule has 0 aliphatic carbocycles. The van der Waals surface area contributed by atoms with Crippen LogP contribution in [0.25, 0.3) is 0 Å². The maximum absolute atomic E-state index is 12.3. The van der Waals surface area contributed by atoms with E-state index in [0.717, 1.165) is 31.5 Å². The van der Waals surface area contributed by atoms with Gasteiger partial charge < -0.3 is 15.8 Å². The number of nitrogens with zero attached hydrogens (tertiary/aromatic N) is 1. The van der Waals surface area contributed by atoms with Crippen LogP contribution in [0.2, 0.25) is 0 Å². The van der Waals surface area contributed by atoms with E-state index in [4.69, 9.17) is 10.5 Å². The van der Waals surface area contributed by atoms with Gasteiger partial charge in [0.1, 0.15) is 5.75 Å². The first-order chi connectivity index (χ1) is 10.5. The minimum Gasteiger partial charge on any atom is -0.496 e. The highest BCUT2D eigenvalue weighted by molar-refractivity contribution is 5.94. The topological polar surface area (TPSA) is 84.7 Å². The molecule has 0 radical (unpaired) electrons. The van der Waals surface area contributed by atoms with Gasteiger partial charge in [0.2, 0.25) is 5.91 Å². The zero-order valence-electron chi connectivity index (χ0n) is 13.1. The molecular formula is C16H23N3O3. The lowest BCUT2D eigenvalue weighted by atomic mass is 10.0. The summed E-state index contributed by atoms with van der Waals surface area (Å²) in [6, 6.07) is 5.56. The molecule has 1 aliphatic rings. The summed E-state index contributed by atoms with van der Waals surface area (Å²) in [5.41, 5.74) is 6.79. The number of primary amides is 1. The Hall–Kier alpha value is -2.08. The molecule has 1 fully saturated rings. The van der Waals surface area contributed by atoms with Gasteiger partial charge >= 0.3 is 0 Å². The van der Waals surface area contributed by atoms with E-state index in [1.807, 2.05) is 17.9 Å². The van der Waals surface area contributed by atoms with Crippen molar-refractivity contribution in [2.75, 3.05) is 26.7 Å². The molecule has 1 heterocycles. The molecule has 2 amide bonds. The summed E-state index contributed by atoms with van der Waals surface area (Å²) < 4.78 is 5.25. The summed E-state index contributed by atoms with van der Waals surface area (Å²) in [6.45, 7) is 3.76. The molecular weight excluding hydrogens is 282 g/mol. The van der Waals surface area contributed by atoms with Crippen molar-refractivity contribution in [1.29, 1.82) is 0 Å². The molecule has 0 bridgehead atoms. The summed E-state index contributed by atoms with van der Waals surface area (Å²) in [5, 5.41) is 3.04. The third-order valence-electron chi connectivity index (χ3n) is 3.97. The second-order valence-corrected chi connectivity index (χ2v) is 5.67. The SMILES string of the molecule is COc1cc(C(=O)NC2CCN(CC(N)=O)CC2)ccc1C. The lowest BCUT2D eigenvalue weighted by Crippen LogP contribution is -2.46. The Morgan fingerprint density at radius 2 is 2.05 bits per heavy atom. The minimum absolute atomic E-state index is 0.0911. The molecule has 1 saturated heterocycles. The van der Waals surface area contributed by atoms with Crippen LogP contribution in [0.3, 0.4) is 0 Å². The summed E-state index contributed by atoms with van der Waals surface area (Å²) in [5.74, 6) is 0.310. The monoisotopic (exact) mass is 305 g/mol. The van der Waals surface area contributed by atoms with Crippen LogP contribution in [0.4, 0.5) is 0 Å². The molecule has 22 heavy (non-hydrogen) atoms. The van der Waals surface area contributed by atoms with Crippen LogP contribution in [0, 0.1) is 6.92 Å². The Kier molecular flexibility index (Phi) is 5.38. The van der Waals surface area contributed by atoms with E-state index in [2.05, 4.69) is 5.32 Å². The van der Waals surface area contributed by atoms with Crippen LogP contribution >= 0.6 is 0 Å². The Morgan fingerprint density at radius 3 is 2.64 bits per heavy atom. The van der Waals surface area contributed by atoms with E-state index in [1.54, 1.807) is 19.2 Å². The number of piperidine rings is 1. The zero-order chi connectivity index (χ0) is 16.1. The number of carbonyl (C=O) groups is 2. The molecule has 2 rings (SSSR count). The van der Waals surface area contributed by atoms with Gasteiger partial charge in [-0.05, 0) is 37.5 Å². The van der Waals surface area contributed by atoms with Gasteiger partial charge in [0, 0.05) is 24.7 Å². The fourth-order valence-electron chi connectivity index (χ4n) is 2.69. The van der Waals surface area contributed by atoms with Crippen LogP contribution in [-0.4, -0.2) is 49.5 Å². The molecule has 0 spiro atoms. The van der Waals surface area contributed by atoms with Crippen molar-refractivity contribution in [3.63, 3.8) is 0 Å². The van der Waals surface area contributed by atoms with Crippen molar-refractivity contribution < 1.29 is 14.3 Å². The molecule has 0 saturated carbocycles. The van der Waals surface area contributed by atoms with Crippen molar-refractivity contribution in [2.45, 2.75) is 25.8 Å². The molecule has 6 nitrogen and oxygen atoms in total. The fourth-order valence-corrected chi connectivity index (χ4v) is 2.69. The molecule has 1 aromatic rings. The quantitative estimate of drug-likeness (QED) is 0.838. The first kappa shape index (κ1) is 16.3. The van der Waals surface area contributed by atoms with Crippen molar-refractivity contribution >= 4 is 11.8 Å². The van der Waals surface area contributed by atoms with Gasteiger partial charge in [-0.2, -0.15) is 0 Å². The second kappa shape index (κ2) is 7.26. The Labute approximate surface area is 130 Å². The number of rotatable bonds is 5. The summed E-state index contributed by atoms with van der Waals surface area (Å²) >= 11 is 0. The molecule has 0 aromatic heterocycles. The predicted octanol–water partition coefficient (Wildman–Crippen LogP) is 0.683. The number of likely N-dealkylation sites (tertiary alicyclic amines) is 1. The first-order valence-corrected chi connectivity index (χ1v) is 7.45. The van der Waals surface area contributed by atoms with Crippen molar-refractivity contribution in [3.05, 3.63) is 29.3 Å². The van der Waals surface area contributed by atoms with Crippen LogP contribution in [0.15, 0.2) is 18.2 Å². The van der Waals surface area contributed by atoms with Gasteiger partial charge in [-0.3, -0.25) is 14.5 Å². The molecule has 1 aromatic carbocycles. The van der Waals surface area contributed by atoms with E-state index >= 15 is 0 Å². The van der Waals surface area contributed by atoms with E-state index < -0.39 is 0 Å². The third kappa shape index (κ3) is 4.21. The van der Waals surface area contributed by atoms with Crippen LogP contribution in [0.5, 0.6) is 5.75 Å². The zero-order valence-corrected chi connectivity index (χ0v) is 13.1. The van der Waals surface area contributed by atoms with E-state index in [0.29, 0.717) is 11.3 Å². The van der Waals surface area contributed by atoms with E-state index in [1.165, 1.54) is 0 Å². The van der Waals surface area contributed by atoms with Gasteiger partial charge in [-0.25, -0.2) is 0 Å². The highest BCUT2D eigenvalue weighted by atomic mass is 16.5. The van der Waals surface area contributed by atoms with Gasteiger partial charge in [-0.15, -0.1) is 0 Å². The highest BCUT2D eigenvalue weighted by Gasteiger charge is 2.22. The molecule has 6 heteroatoms. The third-order valence-corrected chi connectivity index (χ3v) is 3.97. The lowest BCUT2D eigenvalue weighted by molar-refractivity contribution is -0.119. The number of ether oxygens (including phenoxy) is 1. The number of nitrogens with one attached hydrogen (secondary N) is 1. The van der Waals surface area contributed by atoms with Crippen LogP contribution in [-0.2, 0) is 4.79 Å². The van der Waals surface area contributed by atoms with Crippen LogP contribution in [0.1, 0.15) is 28.8 Å². The normalized spacial score (nSPS) is 16.3. The average molecular weight is 305 g/mol. The van der Waals surface area contributed by atoms with Crippen molar-refractivity contribution in [2.24, 2.45) is 5.73 Å². The number of carbonyl (C=O) groups excluding carboxylic acids is 2. The minimum atomic E-state index is -0.311. The summed E-state index contributed by atoms with van der Waals surface area (Å²) in [4.78, 5) is 25.2. The number of methoxy groups -OCH3 is 1. The first-order valence-electron chi connectivity index (χ1n) is 7.45. The number of hydrogen-bond donors (Lipinski definition) is 2. The average Bonchev–Trinajstić information content (AvgIpc) is 2.49. The molecule has 0 atom stereocenters. The number of nitrogens with two attached hydrogens (primary N) is 1. The molecule has 3 N–H and O–H groups in total. The second-order valence-electron chi connectivity index (χ2n) is 5.67. The summed E-state index contributed by atoms with van der Waals surface area (Å²) in [6.07, 6.45) is 1.64. The summed E-state index contributed by atoms with van der Waals surface area (Å²) in [7, 11) is 1.60. The molecule has 120 valence electrons. The Bertz CT molecular complexity index is 552. The van der Waals surface area contributed by atoms with Gasteiger partial charge in [0.05, 0.1) is 13.7 Å². The standard InChI is InChI=1S/C16H23N3O3/c1-11-3-4-12(9-14(11)22-2)16(21)18-13-5-7-19(8-6-13)10-15(17)20/h3-4,9,13H,5-8,10H2,1-2H3,(H2,17,20)(H,18,21). The van der Waals surface area contributed by atoms with Gasteiger partial charge in [0.25, 0.3) is 5.91 Å². The molecule has 1 aliphatic heterocycles. The highest BCUT2D eigenvalue weighted by Crippen LogP contribution is 2.19. The van der Waals surface area contributed by atoms with E-state index in [9.17, 15) is 9.59 Å². The largest absolute Gasteiger partial charge is 0.496 e. The maximum Gasteiger partial charge on any atom is 0.251 e. The Morgan fingerprint density at radius 1 is 1.36 bits per heavy atom. The Balaban J connectivity index is 1.89. The predicted molar refractivity (Wildman–Crippen MR) is 83.9 cm³/mol. The van der Waals surface area contributed by atoms with Gasteiger partial charge in [0.15, 0.2) is 0 Å². The number of amides is 2. The fraction of sp³-hybridized carbons (Fsp3) is 0.500.